The first-order chi connectivity index (χ1) is 11.6. The highest BCUT2D eigenvalue weighted by Gasteiger charge is 2.26. The normalized spacial score (nSPS) is 17.3. The summed E-state index contributed by atoms with van der Waals surface area (Å²) in [7, 11) is 3.42. The molecule has 0 unspecified atom stereocenters. The highest BCUT2D eigenvalue weighted by atomic mass is 32.1. The number of carbonyl (C=O) groups excluding carboxylic acids is 2. The minimum atomic E-state index is -0.286. The van der Waals surface area contributed by atoms with Crippen molar-refractivity contribution >= 4 is 38.6 Å². The molecule has 1 aliphatic heterocycles. The van der Waals surface area contributed by atoms with Gasteiger partial charge >= 0.3 is 6.03 Å². The molecule has 24 heavy (non-hydrogen) atoms. The molecular weight excluding hydrogens is 328 g/mol. The molecule has 128 valence electrons. The number of rotatable bonds is 5. The second-order valence-electron chi connectivity index (χ2n) is 5.84. The molecule has 0 spiro atoms. The van der Waals surface area contributed by atoms with Gasteiger partial charge in [0.15, 0.2) is 5.13 Å². The van der Waals surface area contributed by atoms with Crippen LogP contribution in [0, 0.1) is 5.92 Å². The van der Waals surface area contributed by atoms with Crippen LogP contribution in [0.25, 0.3) is 10.2 Å². The maximum atomic E-state index is 12.0. The zero-order valence-electron chi connectivity index (χ0n) is 13.7. The van der Waals surface area contributed by atoms with Crippen molar-refractivity contribution in [1.29, 1.82) is 0 Å². The van der Waals surface area contributed by atoms with Gasteiger partial charge in [0.2, 0.25) is 5.91 Å². The molecule has 7 nitrogen and oxygen atoms in total. The maximum absolute atomic E-state index is 12.0. The number of hydrogen-bond acceptors (Lipinski definition) is 5. The van der Waals surface area contributed by atoms with Gasteiger partial charge in [-0.25, -0.2) is 9.78 Å². The number of likely N-dealkylation sites (tertiary alicyclic amines) is 1. The molecule has 2 heterocycles. The van der Waals surface area contributed by atoms with Crippen LogP contribution in [0.1, 0.15) is 12.8 Å². The Morgan fingerprint density at radius 2 is 2.33 bits per heavy atom. The van der Waals surface area contributed by atoms with Gasteiger partial charge < -0.3 is 15.0 Å². The second-order valence-corrected chi connectivity index (χ2v) is 6.84. The minimum Gasteiger partial charge on any atom is -0.495 e. The van der Waals surface area contributed by atoms with E-state index in [4.69, 9.17) is 4.74 Å². The van der Waals surface area contributed by atoms with Crippen LogP contribution in [0.3, 0.4) is 0 Å². The predicted octanol–water partition coefficient (Wildman–Crippen LogP) is 2.29. The topological polar surface area (TPSA) is 83.6 Å². The lowest BCUT2D eigenvalue weighted by Gasteiger charge is -2.10. The van der Waals surface area contributed by atoms with E-state index in [0.29, 0.717) is 24.0 Å². The molecule has 0 aliphatic carbocycles. The Kier molecular flexibility index (Phi) is 4.84. The first-order valence-electron chi connectivity index (χ1n) is 7.79. The number of anilines is 1. The number of benzene rings is 1. The number of urea groups is 1. The lowest BCUT2D eigenvalue weighted by Crippen LogP contribution is -2.30. The maximum Gasteiger partial charge on any atom is 0.321 e. The summed E-state index contributed by atoms with van der Waals surface area (Å²) in [6, 6.07) is 5.32. The summed E-state index contributed by atoms with van der Waals surface area (Å²) in [5.41, 5.74) is 0.794. The molecule has 1 aromatic carbocycles. The molecule has 3 amide bonds. The molecule has 1 aliphatic rings. The molecule has 1 atom stereocenters. The van der Waals surface area contributed by atoms with Crippen molar-refractivity contribution in [2.45, 2.75) is 12.8 Å². The third-order valence-corrected chi connectivity index (χ3v) is 5.08. The van der Waals surface area contributed by atoms with Gasteiger partial charge in [-0.2, -0.15) is 0 Å². The van der Waals surface area contributed by atoms with Crippen LogP contribution in [0.2, 0.25) is 0 Å². The summed E-state index contributed by atoms with van der Waals surface area (Å²) in [5, 5.41) is 6.10. The van der Waals surface area contributed by atoms with E-state index >= 15 is 0 Å². The standard InChI is InChI=1S/C16H20N4O3S/c1-20-9-10(8-13(20)21)6-7-17-15(22)19-16-18-11-4-3-5-12(23-2)14(11)24-16/h3-5,10H,6-9H2,1-2H3,(H2,17,18,19,22)/t10-/m0/s1. The number of amides is 3. The summed E-state index contributed by atoms with van der Waals surface area (Å²) in [4.78, 5) is 29.6. The second kappa shape index (κ2) is 7.04. The number of nitrogens with zero attached hydrogens (tertiary/aromatic N) is 2. The van der Waals surface area contributed by atoms with Crippen molar-refractivity contribution < 1.29 is 14.3 Å². The molecular formula is C16H20N4O3S. The smallest absolute Gasteiger partial charge is 0.321 e. The number of fused-ring (bicyclic) bond motifs is 1. The Morgan fingerprint density at radius 3 is 3.04 bits per heavy atom. The predicted molar refractivity (Wildman–Crippen MR) is 93.6 cm³/mol. The minimum absolute atomic E-state index is 0.174. The van der Waals surface area contributed by atoms with Gasteiger partial charge in [0, 0.05) is 26.6 Å². The zero-order chi connectivity index (χ0) is 17.1. The molecule has 0 radical (unpaired) electrons. The quantitative estimate of drug-likeness (QED) is 0.868. The number of ether oxygens (including phenoxy) is 1. The van der Waals surface area contributed by atoms with Crippen molar-refractivity contribution in [1.82, 2.24) is 15.2 Å². The van der Waals surface area contributed by atoms with E-state index < -0.39 is 0 Å². The molecule has 0 saturated carbocycles. The van der Waals surface area contributed by atoms with Crippen LogP contribution < -0.4 is 15.4 Å². The van der Waals surface area contributed by atoms with Crippen LogP contribution in [0.15, 0.2) is 18.2 Å². The number of methoxy groups -OCH3 is 1. The molecule has 8 heteroatoms. The Morgan fingerprint density at radius 1 is 1.50 bits per heavy atom. The summed E-state index contributed by atoms with van der Waals surface area (Å²) in [6.45, 7) is 1.30. The molecule has 1 aromatic heterocycles. The number of carbonyl (C=O) groups is 2. The van der Waals surface area contributed by atoms with E-state index in [-0.39, 0.29) is 11.9 Å². The highest BCUT2D eigenvalue weighted by Crippen LogP contribution is 2.33. The average molecular weight is 348 g/mol. The van der Waals surface area contributed by atoms with E-state index in [1.165, 1.54) is 11.3 Å². The summed E-state index contributed by atoms with van der Waals surface area (Å²) in [6.07, 6.45) is 1.36. The largest absolute Gasteiger partial charge is 0.495 e. The van der Waals surface area contributed by atoms with Gasteiger partial charge in [0.1, 0.15) is 5.75 Å². The summed E-state index contributed by atoms with van der Waals surface area (Å²) >= 11 is 1.38. The highest BCUT2D eigenvalue weighted by molar-refractivity contribution is 7.22. The van der Waals surface area contributed by atoms with E-state index in [1.54, 1.807) is 12.0 Å². The Hall–Kier alpha value is -2.35. The monoisotopic (exact) mass is 348 g/mol. The van der Waals surface area contributed by atoms with Gasteiger partial charge in [-0.05, 0) is 24.5 Å². The molecule has 3 rings (SSSR count). The van der Waals surface area contributed by atoms with Crippen LogP contribution in [0.4, 0.5) is 9.93 Å². The van der Waals surface area contributed by atoms with Crippen LogP contribution in [0.5, 0.6) is 5.75 Å². The molecule has 2 N–H and O–H groups in total. The van der Waals surface area contributed by atoms with Crippen molar-refractivity contribution in [3.63, 3.8) is 0 Å². The molecule has 2 aromatic rings. The lowest BCUT2D eigenvalue weighted by atomic mass is 10.1. The van der Waals surface area contributed by atoms with Crippen LogP contribution in [-0.2, 0) is 4.79 Å². The SMILES string of the molecule is COc1cccc2nc(NC(=O)NCC[C@H]3CC(=O)N(C)C3)sc12. The Balaban J connectivity index is 1.51. The first kappa shape index (κ1) is 16.5. The van der Waals surface area contributed by atoms with Gasteiger partial charge in [0.25, 0.3) is 0 Å². The van der Waals surface area contributed by atoms with Crippen LogP contribution in [-0.4, -0.2) is 49.1 Å². The van der Waals surface area contributed by atoms with Crippen molar-refractivity contribution in [2.75, 3.05) is 32.6 Å². The van der Waals surface area contributed by atoms with E-state index in [2.05, 4.69) is 15.6 Å². The number of hydrogen-bond donors (Lipinski definition) is 2. The zero-order valence-corrected chi connectivity index (χ0v) is 14.5. The summed E-state index contributed by atoms with van der Waals surface area (Å²) in [5.74, 6) is 1.23. The average Bonchev–Trinajstić information content (AvgIpc) is 3.09. The first-order valence-corrected chi connectivity index (χ1v) is 8.61. The van der Waals surface area contributed by atoms with E-state index in [1.807, 2.05) is 25.2 Å². The van der Waals surface area contributed by atoms with Crippen molar-refractivity contribution in [2.24, 2.45) is 5.92 Å². The van der Waals surface area contributed by atoms with Gasteiger partial charge in [0.05, 0.1) is 17.3 Å². The number of nitrogens with one attached hydrogen (secondary N) is 2. The van der Waals surface area contributed by atoms with Gasteiger partial charge in [-0.15, -0.1) is 0 Å². The number of aromatic nitrogens is 1. The Bertz CT molecular complexity index is 761. The van der Waals surface area contributed by atoms with E-state index in [0.717, 1.165) is 28.9 Å². The number of thiazole rings is 1. The third-order valence-electron chi connectivity index (χ3n) is 4.08. The fourth-order valence-electron chi connectivity index (χ4n) is 2.82. The Labute approximate surface area is 144 Å². The van der Waals surface area contributed by atoms with Crippen LogP contribution >= 0.6 is 11.3 Å². The molecule has 1 fully saturated rings. The van der Waals surface area contributed by atoms with Crippen molar-refractivity contribution in [3.05, 3.63) is 18.2 Å². The fourth-order valence-corrected chi connectivity index (χ4v) is 3.77. The summed E-state index contributed by atoms with van der Waals surface area (Å²) < 4.78 is 6.20. The lowest BCUT2D eigenvalue weighted by molar-refractivity contribution is -0.126. The van der Waals surface area contributed by atoms with Crippen molar-refractivity contribution in [3.8, 4) is 5.75 Å². The fraction of sp³-hybridized carbons (Fsp3) is 0.438. The third kappa shape index (κ3) is 3.59. The van der Waals surface area contributed by atoms with Gasteiger partial charge in [-0.1, -0.05) is 17.4 Å². The van der Waals surface area contributed by atoms with E-state index in [9.17, 15) is 9.59 Å². The molecule has 0 bridgehead atoms. The molecule has 1 saturated heterocycles. The van der Waals surface area contributed by atoms with Gasteiger partial charge in [-0.3, -0.25) is 10.1 Å².